The van der Waals surface area contributed by atoms with E-state index >= 15 is 0 Å². The van der Waals surface area contributed by atoms with Crippen molar-refractivity contribution in [3.8, 4) is 51.7 Å². The summed E-state index contributed by atoms with van der Waals surface area (Å²) >= 11 is 0. The van der Waals surface area contributed by atoms with Gasteiger partial charge >= 0.3 is 0 Å². The molecule has 0 aromatic heterocycles. The molecule has 6 unspecified atom stereocenters. The molecule has 254 valence electrons. The van der Waals surface area contributed by atoms with Crippen LogP contribution in [0.5, 0.6) is 51.7 Å². The molecule has 6 aromatic carbocycles. The topological polar surface area (TPSA) is 171 Å². The van der Waals surface area contributed by atoms with Crippen LogP contribution in [0.4, 0.5) is 0 Å². The summed E-state index contributed by atoms with van der Waals surface area (Å²) in [4.78, 5) is 0. The number of ether oxygens (including phenoxy) is 1. The zero-order chi connectivity index (χ0) is 35.3. The lowest BCUT2D eigenvalue weighted by molar-refractivity contribution is 0.221. The molecule has 3 aliphatic rings. The largest absolute Gasteiger partial charge is 0.508 e. The lowest BCUT2D eigenvalue weighted by Crippen LogP contribution is -2.14. The number of benzene rings is 6. The van der Waals surface area contributed by atoms with Crippen molar-refractivity contribution in [3.63, 3.8) is 0 Å². The van der Waals surface area contributed by atoms with E-state index in [1.54, 1.807) is 97.1 Å². The minimum absolute atomic E-state index is 0.0181. The summed E-state index contributed by atoms with van der Waals surface area (Å²) in [6.07, 6.45) is -0.702. The van der Waals surface area contributed by atoms with Gasteiger partial charge in [0, 0.05) is 58.6 Å². The second-order valence-corrected chi connectivity index (χ2v) is 13.7. The van der Waals surface area contributed by atoms with Gasteiger partial charge in [-0.05, 0) is 88.0 Å². The van der Waals surface area contributed by atoms with Crippen molar-refractivity contribution in [2.45, 2.75) is 35.7 Å². The Hall–Kier alpha value is -6.48. The Bertz CT molecular complexity index is 2330. The fraction of sp³-hybridized carbons (Fsp3) is 0.143. The van der Waals surface area contributed by atoms with Crippen LogP contribution in [-0.4, -0.2) is 40.9 Å². The van der Waals surface area contributed by atoms with Crippen LogP contribution in [0.1, 0.15) is 85.8 Å². The fourth-order valence-electron chi connectivity index (χ4n) is 9.08. The van der Waals surface area contributed by atoms with Crippen LogP contribution in [-0.2, 0) is 0 Å². The van der Waals surface area contributed by atoms with Crippen molar-refractivity contribution in [1.29, 1.82) is 0 Å². The molecular weight excluding hydrogens is 648 g/mol. The van der Waals surface area contributed by atoms with Crippen LogP contribution in [0.25, 0.3) is 0 Å². The van der Waals surface area contributed by atoms with Crippen LogP contribution >= 0.6 is 0 Å². The number of rotatable bonds is 4. The molecule has 2 aliphatic carbocycles. The molecule has 0 radical (unpaired) electrons. The molecule has 8 N–H and O–H groups in total. The van der Waals surface area contributed by atoms with E-state index in [1.165, 1.54) is 12.1 Å². The first-order valence-electron chi connectivity index (χ1n) is 16.6. The Morgan fingerprint density at radius 1 is 0.353 bits per heavy atom. The predicted molar refractivity (Wildman–Crippen MR) is 186 cm³/mol. The van der Waals surface area contributed by atoms with Gasteiger partial charge in [0.1, 0.15) is 57.8 Å². The second kappa shape index (κ2) is 11.0. The summed E-state index contributed by atoms with van der Waals surface area (Å²) in [5.41, 5.74) is 6.25. The molecule has 0 bridgehead atoms. The van der Waals surface area contributed by atoms with Gasteiger partial charge in [-0.25, -0.2) is 0 Å². The quantitative estimate of drug-likeness (QED) is 0.0927. The normalized spacial score (nSPS) is 22.5. The van der Waals surface area contributed by atoms with Gasteiger partial charge in [-0.3, -0.25) is 0 Å². The van der Waals surface area contributed by atoms with Crippen molar-refractivity contribution >= 4 is 0 Å². The standard InChI is InChI=1S/C42H32O9/c43-23-7-1-19(2-8-23)33-36-29(16-28(48)17-30(36)49)37-34(20-3-9-24(44)10-4-20)38-31(50)18-32-39(41(38)40(33)37)35(22-13-26(46)15-27(47)14-22)42(51-32)21-5-11-25(45)12-6-21/h1-18,33-35,37,40,42-50H. The SMILES string of the molecule is Oc1ccc(C2Oc3cc(O)c4c(c3C2c2cc(O)cc(O)c2)C2C(c3ccc(O)cc3)c3c(O)cc(O)cc3C2C4c2ccc(O)cc2)cc1. The first-order chi connectivity index (χ1) is 24.6. The van der Waals surface area contributed by atoms with Gasteiger partial charge in [-0.1, -0.05) is 36.4 Å². The van der Waals surface area contributed by atoms with E-state index in [9.17, 15) is 40.9 Å². The predicted octanol–water partition coefficient (Wildman–Crippen LogP) is 7.76. The van der Waals surface area contributed by atoms with Gasteiger partial charge in [0.2, 0.25) is 0 Å². The number of hydrogen-bond donors (Lipinski definition) is 8. The van der Waals surface area contributed by atoms with E-state index in [1.807, 2.05) is 0 Å². The molecule has 9 rings (SSSR count). The fourth-order valence-corrected chi connectivity index (χ4v) is 9.08. The Balaban J connectivity index is 1.38. The maximum Gasteiger partial charge on any atom is 0.135 e. The summed E-state index contributed by atoms with van der Waals surface area (Å²) in [5, 5.41) is 86.6. The number of phenols is 8. The smallest absolute Gasteiger partial charge is 0.135 e. The average Bonchev–Trinajstić information content (AvgIpc) is 3.74. The van der Waals surface area contributed by atoms with Crippen LogP contribution < -0.4 is 4.74 Å². The van der Waals surface area contributed by atoms with Gasteiger partial charge in [-0.15, -0.1) is 0 Å². The maximum absolute atomic E-state index is 12.1. The zero-order valence-corrected chi connectivity index (χ0v) is 26.8. The summed E-state index contributed by atoms with van der Waals surface area (Å²) in [7, 11) is 0. The molecule has 0 spiro atoms. The molecule has 9 heteroatoms. The summed E-state index contributed by atoms with van der Waals surface area (Å²) in [6.45, 7) is 0. The highest BCUT2D eigenvalue weighted by Gasteiger charge is 2.57. The lowest BCUT2D eigenvalue weighted by atomic mass is 9.75. The van der Waals surface area contributed by atoms with Gasteiger partial charge in [0.25, 0.3) is 0 Å². The van der Waals surface area contributed by atoms with Crippen molar-refractivity contribution in [3.05, 3.63) is 159 Å². The number of aromatic hydroxyl groups is 8. The van der Waals surface area contributed by atoms with E-state index in [-0.39, 0.29) is 46.0 Å². The van der Waals surface area contributed by atoms with Crippen molar-refractivity contribution in [1.82, 2.24) is 0 Å². The van der Waals surface area contributed by atoms with E-state index in [4.69, 9.17) is 4.74 Å². The number of hydrogen-bond acceptors (Lipinski definition) is 9. The Kier molecular flexibility index (Phi) is 6.60. The van der Waals surface area contributed by atoms with Crippen LogP contribution in [0.2, 0.25) is 0 Å². The van der Waals surface area contributed by atoms with E-state index in [0.717, 1.165) is 22.3 Å². The molecule has 51 heavy (non-hydrogen) atoms. The van der Waals surface area contributed by atoms with Crippen molar-refractivity contribution in [2.75, 3.05) is 0 Å². The third-order valence-corrected chi connectivity index (χ3v) is 10.9. The highest BCUT2D eigenvalue weighted by Crippen LogP contribution is 2.72. The second-order valence-electron chi connectivity index (χ2n) is 13.7. The summed E-state index contributed by atoms with van der Waals surface area (Å²) < 4.78 is 6.71. The minimum Gasteiger partial charge on any atom is -0.508 e. The van der Waals surface area contributed by atoms with Gasteiger partial charge in [0.15, 0.2) is 0 Å². The third kappa shape index (κ3) is 4.61. The lowest BCUT2D eigenvalue weighted by Gasteiger charge is -2.26. The van der Waals surface area contributed by atoms with Gasteiger partial charge < -0.3 is 45.6 Å². The van der Waals surface area contributed by atoms with Crippen LogP contribution in [0, 0.1) is 0 Å². The maximum atomic E-state index is 12.1. The van der Waals surface area contributed by atoms with E-state index in [0.29, 0.717) is 33.6 Å². The summed E-state index contributed by atoms with van der Waals surface area (Å²) in [5.74, 6) is -2.43. The summed E-state index contributed by atoms with van der Waals surface area (Å²) in [6, 6.07) is 29.1. The van der Waals surface area contributed by atoms with E-state index < -0.39 is 35.7 Å². The van der Waals surface area contributed by atoms with E-state index in [2.05, 4.69) is 0 Å². The molecule has 0 amide bonds. The molecular formula is C42H32O9. The molecule has 6 aromatic rings. The minimum atomic E-state index is -0.702. The Morgan fingerprint density at radius 2 is 0.843 bits per heavy atom. The first kappa shape index (κ1) is 30.6. The third-order valence-electron chi connectivity index (χ3n) is 10.9. The van der Waals surface area contributed by atoms with Crippen molar-refractivity contribution < 1.29 is 45.6 Å². The molecule has 0 fully saturated rings. The molecule has 0 saturated carbocycles. The van der Waals surface area contributed by atoms with Crippen LogP contribution in [0.3, 0.4) is 0 Å². The molecule has 1 heterocycles. The molecule has 6 atom stereocenters. The Labute approximate surface area is 291 Å². The highest BCUT2D eigenvalue weighted by atomic mass is 16.5. The average molecular weight is 681 g/mol. The highest BCUT2D eigenvalue weighted by molar-refractivity contribution is 5.72. The van der Waals surface area contributed by atoms with Crippen LogP contribution in [0.15, 0.2) is 109 Å². The molecule has 0 saturated heterocycles. The molecule has 1 aliphatic heterocycles. The number of fused-ring (bicyclic) bond motifs is 7. The van der Waals surface area contributed by atoms with Gasteiger partial charge in [-0.2, -0.15) is 0 Å². The Morgan fingerprint density at radius 3 is 1.41 bits per heavy atom. The first-order valence-corrected chi connectivity index (χ1v) is 16.6. The monoisotopic (exact) mass is 680 g/mol. The van der Waals surface area contributed by atoms with Crippen molar-refractivity contribution in [2.24, 2.45) is 0 Å². The number of phenolic OH excluding ortho intramolecular Hbond substituents is 8. The van der Waals surface area contributed by atoms with Gasteiger partial charge in [0.05, 0.1) is 5.92 Å². The zero-order valence-electron chi connectivity index (χ0n) is 26.8. The molecule has 9 nitrogen and oxygen atoms in total.